The van der Waals surface area contributed by atoms with E-state index < -0.39 is 18.8 Å². The van der Waals surface area contributed by atoms with Crippen LogP contribution < -0.4 is 36.9 Å². The van der Waals surface area contributed by atoms with E-state index in [2.05, 4.69) is 90.6 Å². The van der Waals surface area contributed by atoms with E-state index in [1.54, 1.807) is 125 Å². The second kappa shape index (κ2) is 36.5. The molecule has 0 aliphatic heterocycles. The molecule has 0 fully saturated rings. The summed E-state index contributed by atoms with van der Waals surface area (Å²) < 4.78 is 11.8. The van der Waals surface area contributed by atoms with Crippen molar-refractivity contribution >= 4 is 172 Å². The van der Waals surface area contributed by atoms with E-state index in [1.807, 2.05) is 160 Å². The third kappa shape index (κ3) is 21.4. The van der Waals surface area contributed by atoms with Crippen LogP contribution in [0.4, 0.5) is 39.3 Å². The van der Waals surface area contributed by atoms with Gasteiger partial charge in [0.25, 0.3) is 0 Å². The van der Waals surface area contributed by atoms with Crippen LogP contribution >= 0.6 is 68.4 Å². The Hall–Kier alpha value is -9.85. The minimum absolute atomic E-state index is 0.0794. The van der Waals surface area contributed by atoms with Crippen LogP contribution in [-0.2, 0) is 19.1 Å². The minimum atomic E-state index is -1.41. The number of nitrogens with zero attached hydrogens (tertiary/aromatic N) is 18. The van der Waals surface area contributed by atoms with Gasteiger partial charge in [-0.3, -0.25) is 19.7 Å². The average molecular weight is 1670 g/mol. The lowest BCUT2D eigenvalue weighted by Crippen LogP contribution is -2.29. The number of anilines is 6. The number of nitrogens with one attached hydrogen (secondary N) is 1. The molecule has 11 rings (SSSR count). The van der Waals surface area contributed by atoms with Crippen molar-refractivity contribution in [3.05, 3.63) is 194 Å². The van der Waals surface area contributed by atoms with Gasteiger partial charge in [-0.1, -0.05) is 65.7 Å². The molecule has 0 atom stereocenters. The standard InChI is InChI=1S/C24H24ClN7O.C23H28IN7O3.C18H20IN7O.C6H6BClO2/c1-30(2)14-4-5-20(33)31(3)18-10-12-19(13-11-18)32-24-21(23(26)27-15-28-24)22(29-32)16-6-8-17(25)9-7-16;1-23(2,3)34-22(33)27-20-18-19(24)28-31(21(18)26-14-25-20)16-11-9-15(10-12-16)30(6)17(32)8-7-13-29(4)5;1-24(2)10-4-5-14(27)25(3)12-6-8-13(9-7-12)26-18-15(16(19)23-26)17(20)21-11-22-18;8-6-3-1-5(2-4-6)7(9)10/h4-13,15H,14H2,1-3H3,(H2,26,27,28);7-12,14H,13H2,1-6H3,(H,25,26,27,33);4-9,11H,10H2,1-3H3,(H2,20,21,22);1-4,9-10H/b5-4+;8-7+;5-4+;. The maximum Gasteiger partial charge on any atom is 0.488 e. The van der Waals surface area contributed by atoms with Crippen molar-refractivity contribution in [3.63, 3.8) is 0 Å². The van der Waals surface area contributed by atoms with Gasteiger partial charge in [0.1, 0.15) is 49.3 Å². The van der Waals surface area contributed by atoms with E-state index in [9.17, 15) is 19.2 Å². The maximum atomic E-state index is 12.4. The van der Waals surface area contributed by atoms with Crippen LogP contribution in [0.5, 0.6) is 0 Å². The van der Waals surface area contributed by atoms with Gasteiger partial charge in [0.15, 0.2) is 22.8 Å². The van der Waals surface area contributed by atoms with E-state index in [4.69, 9.17) is 54.6 Å². The fraction of sp³-hybridized carbons (Fsp3) is 0.225. The monoisotopic (exact) mass is 1670 g/mol. The molecule has 4 amide bonds. The fourth-order valence-corrected chi connectivity index (χ4v) is 11.3. The second-order valence-corrected chi connectivity index (χ2v) is 27.7. The Morgan fingerprint density at radius 1 is 0.500 bits per heavy atom. The van der Waals surface area contributed by atoms with Gasteiger partial charge in [-0.25, -0.2) is 48.7 Å². The van der Waals surface area contributed by atoms with Crippen molar-refractivity contribution in [2.45, 2.75) is 26.4 Å². The number of amides is 4. The SMILES string of the molecule is CN(C)C/C=C/C(=O)N(C)c1ccc(-n2nc(-c3ccc(Cl)cc3)c3c(N)ncnc32)cc1.CN(C)C/C=C/C(=O)N(C)c1ccc(-n2nc(I)c3c(N)ncnc32)cc1.CN(C)C/C=C/C(=O)N(C)c1ccc(-n2nc(I)c3c(NC(=O)OC(C)(C)C)ncnc32)cc1.OB(O)c1ccc(Cl)cc1. The summed E-state index contributed by atoms with van der Waals surface area (Å²) in [4.78, 5) is 85.6. The zero-order chi connectivity index (χ0) is 75.7. The highest BCUT2D eigenvalue weighted by Crippen LogP contribution is 2.34. The number of carbonyl (C=O) groups is 4. The average Bonchev–Trinajstić information content (AvgIpc) is 1.63. The molecule has 33 heteroatoms. The number of nitrogens with two attached hydrogens (primary N) is 2. The predicted octanol–water partition coefficient (Wildman–Crippen LogP) is 9.75. The van der Waals surface area contributed by atoms with E-state index in [1.165, 1.54) is 19.0 Å². The Morgan fingerprint density at radius 2 is 0.846 bits per heavy atom. The molecule has 0 aliphatic carbocycles. The summed E-state index contributed by atoms with van der Waals surface area (Å²) in [5, 5.41) is 37.0. The smallest absolute Gasteiger partial charge is 0.444 e. The molecule has 0 unspecified atom stereocenters. The number of hydrogen-bond acceptors (Lipinski definition) is 21. The maximum absolute atomic E-state index is 12.4. The van der Waals surface area contributed by atoms with Crippen LogP contribution in [0.2, 0.25) is 10.0 Å². The minimum Gasteiger partial charge on any atom is -0.444 e. The van der Waals surface area contributed by atoms with Gasteiger partial charge in [0, 0.05) is 91.7 Å². The fourth-order valence-electron chi connectivity index (χ4n) is 9.56. The summed E-state index contributed by atoms with van der Waals surface area (Å²) in [5.74, 6) is 0.786. The third-order valence-electron chi connectivity index (χ3n) is 14.9. The van der Waals surface area contributed by atoms with Crippen molar-refractivity contribution in [3.8, 4) is 28.3 Å². The topological polar surface area (TPSA) is 332 Å². The predicted molar refractivity (Wildman–Crippen MR) is 429 cm³/mol. The Balaban J connectivity index is 0.000000186. The van der Waals surface area contributed by atoms with Crippen LogP contribution in [0, 0.1) is 7.40 Å². The summed E-state index contributed by atoms with van der Waals surface area (Å²) in [6.07, 6.45) is 13.8. The van der Waals surface area contributed by atoms with Gasteiger partial charge in [-0.05, 0) is 211 Å². The summed E-state index contributed by atoms with van der Waals surface area (Å²) >= 11 is 15.8. The number of likely N-dealkylation sites (N-methyl/N-ethyl adjacent to an activating group) is 6. The summed E-state index contributed by atoms with van der Waals surface area (Å²) in [7, 11) is 15.5. The summed E-state index contributed by atoms with van der Waals surface area (Å²) in [6.45, 7) is 7.48. The summed E-state index contributed by atoms with van der Waals surface area (Å²) in [5.41, 5.74) is 19.9. The van der Waals surface area contributed by atoms with Gasteiger partial charge in [-0.2, -0.15) is 15.3 Å². The van der Waals surface area contributed by atoms with Crippen molar-refractivity contribution in [1.29, 1.82) is 0 Å². The number of fused-ring (bicyclic) bond motifs is 3. The molecule has 6 heterocycles. The van der Waals surface area contributed by atoms with Gasteiger partial charge in [0.2, 0.25) is 17.7 Å². The van der Waals surface area contributed by atoms with Gasteiger partial charge in [-0.15, -0.1) is 0 Å². The van der Waals surface area contributed by atoms with E-state index in [-0.39, 0.29) is 17.7 Å². The molecule has 7 N–H and O–H groups in total. The molecule has 6 aromatic heterocycles. The Morgan fingerprint density at radius 3 is 1.23 bits per heavy atom. The Labute approximate surface area is 639 Å². The first-order valence-electron chi connectivity index (χ1n) is 31.9. The first-order valence-corrected chi connectivity index (χ1v) is 34.8. The lowest BCUT2D eigenvalue weighted by molar-refractivity contribution is -0.114. The number of rotatable bonds is 18. The van der Waals surface area contributed by atoms with E-state index in [0.29, 0.717) is 89.7 Å². The Bertz CT molecular complexity index is 4880. The van der Waals surface area contributed by atoms with Crippen LogP contribution in [-0.4, -0.2) is 204 Å². The zero-order valence-electron chi connectivity index (χ0n) is 59.1. The second-order valence-electron chi connectivity index (χ2n) is 24.8. The third-order valence-corrected chi connectivity index (χ3v) is 16.9. The van der Waals surface area contributed by atoms with Gasteiger partial charge < -0.3 is 55.7 Å². The highest BCUT2D eigenvalue weighted by molar-refractivity contribution is 14.1. The number of aromatic nitrogens is 12. The Kier molecular flexibility index (Phi) is 28.1. The van der Waals surface area contributed by atoms with E-state index >= 15 is 0 Å². The highest BCUT2D eigenvalue weighted by atomic mass is 127. The van der Waals surface area contributed by atoms with Crippen molar-refractivity contribution < 1.29 is 34.0 Å². The number of ether oxygens (including phenoxy) is 1. The van der Waals surface area contributed by atoms with Crippen LogP contribution in [0.15, 0.2) is 177 Å². The molecule has 104 heavy (non-hydrogen) atoms. The first-order chi connectivity index (χ1) is 49.4. The molecule has 0 saturated carbocycles. The number of halogens is 4. The van der Waals surface area contributed by atoms with Crippen LogP contribution in [0.25, 0.3) is 61.4 Å². The molecular weight excluding hydrogens is 1590 g/mol. The largest absolute Gasteiger partial charge is 0.488 e. The zero-order valence-corrected chi connectivity index (χ0v) is 64.9. The lowest BCUT2D eigenvalue weighted by Gasteiger charge is -2.19. The number of carbonyl (C=O) groups excluding carboxylic acids is 4. The molecule has 0 spiro atoms. The molecular formula is C71H78BCl2I2N21O7. The van der Waals surface area contributed by atoms with Crippen LogP contribution in [0.3, 0.4) is 0 Å². The van der Waals surface area contributed by atoms with Crippen molar-refractivity contribution in [2.75, 3.05) is 115 Å². The number of nitrogen functional groups attached to an aromatic ring is 2. The molecule has 5 aromatic carbocycles. The van der Waals surface area contributed by atoms with Crippen molar-refractivity contribution in [2.24, 2.45) is 0 Å². The molecule has 540 valence electrons. The molecule has 28 nitrogen and oxygen atoms in total. The van der Waals surface area contributed by atoms with Gasteiger partial charge in [0.05, 0.1) is 33.2 Å². The quantitative estimate of drug-likeness (QED) is 0.0303. The van der Waals surface area contributed by atoms with Crippen LogP contribution in [0.1, 0.15) is 20.8 Å². The normalized spacial score (nSPS) is 11.5. The number of benzene rings is 5. The highest BCUT2D eigenvalue weighted by Gasteiger charge is 2.24. The molecule has 0 bridgehead atoms. The molecule has 0 saturated heterocycles. The lowest BCUT2D eigenvalue weighted by atomic mass is 9.81. The van der Waals surface area contributed by atoms with Crippen molar-refractivity contribution in [1.82, 2.24) is 73.9 Å². The molecule has 11 aromatic rings. The van der Waals surface area contributed by atoms with Gasteiger partial charge >= 0.3 is 13.2 Å². The molecule has 0 radical (unpaired) electrons. The number of hydrogen-bond donors (Lipinski definition) is 5. The summed E-state index contributed by atoms with van der Waals surface area (Å²) in [6, 6.07) is 36.1. The molecule has 0 aliphatic rings. The first kappa shape index (κ1) is 79.9. The van der Waals surface area contributed by atoms with E-state index in [0.717, 1.165) is 48.8 Å².